The van der Waals surface area contributed by atoms with E-state index in [-0.39, 0.29) is 37.2 Å². The maximum atomic E-state index is 2.70. The second-order valence-electron chi connectivity index (χ2n) is 3.72. The summed E-state index contributed by atoms with van der Waals surface area (Å²) in [4.78, 5) is 0. The molecule has 0 saturated heterocycles. The Morgan fingerprint density at radius 3 is 1.77 bits per heavy atom. The van der Waals surface area contributed by atoms with Gasteiger partial charge in [-0.1, -0.05) is 0 Å². The van der Waals surface area contributed by atoms with Gasteiger partial charge in [-0.2, -0.15) is 0 Å². The minimum absolute atomic E-state index is 0. The number of halogens is 3. The quantitative estimate of drug-likeness (QED) is 0.422. The van der Waals surface area contributed by atoms with Crippen LogP contribution in [0.3, 0.4) is 0 Å². The number of hydrogen-bond acceptors (Lipinski definition) is 0. The number of rotatable bonds is 1. The van der Waals surface area contributed by atoms with Gasteiger partial charge in [0.05, 0.1) is 0 Å². The van der Waals surface area contributed by atoms with E-state index < -0.39 is 8.07 Å². The second kappa shape index (κ2) is 7.44. The van der Waals surface area contributed by atoms with Gasteiger partial charge in [-0.15, -0.1) is 0 Å². The molecule has 0 aromatic carbocycles. The van der Waals surface area contributed by atoms with Crippen molar-refractivity contribution in [1.82, 2.24) is 0 Å². The third kappa shape index (κ3) is 5.56. The van der Waals surface area contributed by atoms with E-state index >= 15 is 0 Å². The van der Waals surface area contributed by atoms with Crippen LogP contribution >= 0.6 is 0 Å². The van der Waals surface area contributed by atoms with E-state index in [0.29, 0.717) is 0 Å². The van der Waals surface area contributed by atoms with Gasteiger partial charge in [0.15, 0.2) is 0 Å². The first-order chi connectivity index (χ1) is 4.52. The smallest absolute Gasteiger partial charge is 1.00 e. The van der Waals surface area contributed by atoms with Crippen molar-refractivity contribution in [3.05, 3.63) is 21.6 Å². The molecule has 75 valence electrons. The zero-order chi connectivity index (χ0) is 7.78. The minimum atomic E-state index is -1.01. The molecule has 0 aliphatic heterocycles. The van der Waals surface area contributed by atoms with E-state index in [2.05, 4.69) is 49.2 Å². The summed E-state index contributed by atoms with van der Waals surface area (Å²) in [5, 5.41) is 1.63. The molecule has 0 atom stereocenters. The molecule has 0 radical (unpaired) electrons. The van der Waals surface area contributed by atoms with Gasteiger partial charge < -0.3 is 37.2 Å². The van der Waals surface area contributed by atoms with Gasteiger partial charge in [0.1, 0.15) is 0 Å². The molecule has 13 heavy (non-hydrogen) atoms. The summed E-state index contributed by atoms with van der Waals surface area (Å²) in [7, 11) is -1.01. The Labute approximate surface area is 110 Å². The first-order valence-electron chi connectivity index (χ1n) is 3.61. The van der Waals surface area contributed by atoms with Crippen LogP contribution in [-0.4, -0.2) is 8.07 Å². The summed E-state index contributed by atoms with van der Waals surface area (Å²) >= 11 is 2.70. The van der Waals surface area contributed by atoms with Crippen molar-refractivity contribution in [2.75, 3.05) is 0 Å². The summed E-state index contributed by atoms with van der Waals surface area (Å²) in [6, 6.07) is 0. The van der Waals surface area contributed by atoms with Gasteiger partial charge in [-0.3, -0.25) is 0 Å². The maximum Gasteiger partial charge on any atom is -1.00 e. The van der Waals surface area contributed by atoms with Gasteiger partial charge >= 0.3 is 73.2 Å². The molecule has 0 spiro atoms. The van der Waals surface area contributed by atoms with Gasteiger partial charge in [0.2, 0.25) is 0 Å². The molecule has 0 heterocycles. The van der Waals surface area contributed by atoms with Crippen molar-refractivity contribution in [1.29, 1.82) is 0 Å². The molecule has 0 saturated carbocycles. The van der Waals surface area contributed by atoms with Crippen LogP contribution in [0, 0.1) is 0 Å². The summed E-state index contributed by atoms with van der Waals surface area (Å²) in [6.07, 6.45) is 5.74. The zero-order valence-corrected chi connectivity index (χ0v) is 12.6. The van der Waals surface area contributed by atoms with E-state index in [1.807, 2.05) is 0 Å². The fourth-order valence-corrected chi connectivity index (χ4v) is 4.62. The molecule has 0 nitrogen and oxygen atoms in total. The zero-order valence-electron chi connectivity index (χ0n) is 7.94. The molecule has 0 fully saturated rings. The SMILES string of the molecule is C[Si](C)(C)C1=[C]([V+3])CC=C1.[Cl-].[Cl-].[Cl-]. The summed E-state index contributed by atoms with van der Waals surface area (Å²) < 4.78 is 1.53. The van der Waals surface area contributed by atoms with E-state index in [9.17, 15) is 0 Å². The summed E-state index contributed by atoms with van der Waals surface area (Å²) in [6.45, 7) is 7.18. The first kappa shape index (κ1) is 19.7. The minimum Gasteiger partial charge on any atom is -1.00 e. The fraction of sp³-hybridized carbons (Fsp3) is 0.500. The predicted octanol–water partition coefficient (Wildman–Crippen LogP) is -6.36. The third-order valence-corrected chi connectivity index (χ3v) is 4.80. The monoisotopic (exact) mass is 293 g/mol. The summed E-state index contributed by atoms with van der Waals surface area (Å²) in [5.74, 6) is 0. The molecule has 5 heteroatoms. The van der Waals surface area contributed by atoms with Gasteiger partial charge in [0.25, 0.3) is 0 Å². The van der Waals surface area contributed by atoms with Gasteiger partial charge in [-0.25, -0.2) is 0 Å². The topological polar surface area (TPSA) is 0 Å². The summed E-state index contributed by atoms with van der Waals surface area (Å²) in [5.41, 5.74) is 0. The van der Waals surface area contributed by atoms with E-state index in [0.717, 1.165) is 0 Å². The first-order valence-corrected chi connectivity index (χ1v) is 7.81. The standard InChI is InChI=1S/C8H13Si.3ClH.V/c1-9(2,3)8-6-4-5-7-8;;;;/h4,6H,5H2,1-3H3;3*1H;/q;;;;+3/p-3. The molecule has 0 amide bonds. The van der Waals surface area contributed by atoms with Crippen molar-refractivity contribution in [3.63, 3.8) is 0 Å². The van der Waals surface area contributed by atoms with Crippen LogP contribution in [0.5, 0.6) is 0 Å². The fourth-order valence-electron chi connectivity index (χ4n) is 1.18. The van der Waals surface area contributed by atoms with Crippen LogP contribution in [0.4, 0.5) is 0 Å². The third-order valence-electron chi connectivity index (χ3n) is 1.71. The maximum absolute atomic E-state index is 2.70. The Morgan fingerprint density at radius 1 is 1.15 bits per heavy atom. The van der Waals surface area contributed by atoms with Crippen molar-refractivity contribution in [2.24, 2.45) is 0 Å². The number of hydrogen-bond donors (Lipinski definition) is 0. The van der Waals surface area contributed by atoms with Crippen LogP contribution in [0.25, 0.3) is 0 Å². The normalized spacial score (nSPS) is 14.5. The molecule has 0 N–H and O–H groups in total. The average molecular weight is 295 g/mol. The van der Waals surface area contributed by atoms with E-state index in [4.69, 9.17) is 0 Å². The van der Waals surface area contributed by atoms with Crippen LogP contribution in [-0.2, 0) is 17.4 Å². The van der Waals surface area contributed by atoms with Crippen LogP contribution < -0.4 is 37.2 Å². The molecule has 0 aromatic rings. The van der Waals surface area contributed by atoms with E-state index in [1.54, 1.807) is 5.20 Å². The molecule has 1 aliphatic rings. The molecule has 0 bridgehead atoms. The van der Waals surface area contributed by atoms with E-state index in [1.165, 1.54) is 10.7 Å². The number of allylic oxidation sites excluding steroid dienone is 4. The Hall–Kier alpha value is 1.15. The van der Waals surface area contributed by atoms with Crippen molar-refractivity contribution >= 4 is 8.07 Å². The predicted molar refractivity (Wildman–Crippen MR) is 44.1 cm³/mol. The Balaban J connectivity index is -0.000000333. The Morgan fingerprint density at radius 2 is 1.62 bits per heavy atom. The van der Waals surface area contributed by atoms with Crippen LogP contribution in [0.2, 0.25) is 19.6 Å². The van der Waals surface area contributed by atoms with Gasteiger partial charge in [0, 0.05) is 0 Å². The second-order valence-corrected chi connectivity index (χ2v) is 9.60. The van der Waals surface area contributed by atoms with Crippen molar-refractivity contribution in [2.45, 2.75) is 26.1 Å². The molecular formula is C8H13Cl3SiV. The Kier molecular flexibility index (Phi) is 11.3. The van der Waals surface area contributed by atoms with Crippen molar-refractivity contribution < 1.29 is 54.6 Å². The molecular weight excluding hydrogens is 281 g/mol. The van der Waals surface area contributed by atoms with Crippen molar-refractivity contribution in [3.8, 4) is 0 Å². The van der Waals surface area contributed by atoms with Crippen LogP contribution in [0.1, 0.15) is 6.42 Å². The molecule has 1 aliphatic carbocycles. The molecule has 1 rings (SSSR count). The molecule has 0 aromatic heterocycles. The Bertz CT molecular complexity index is 206. The average Bonchev–Trinajstić information content (AvgIpc) is 2.11. The molecule has 0 unspecified atom stereocenters. The van der Waals surface area contributed by atoms with Gasteiger partial charge in [-0.05, 0) is 0 Å². The largest absolute Gasteiger partial charge is 1.00 e. The van der Waals surface area contributed by atoms with Crippen LogP contribution in [0.15, 0.2) is 21.6 Å².